The lowest BCUT2D eigenvalue weighted by atomic mass is 9.93. The number of hydrogen-bond donors (Lipinski definition) is 1. The van der Waals surface area contributed by atoms with E-state index >= 15 is 0 Å². The Balaban J connectivity index is 1.53. The molecule has 1 aliphatic heterocycles. The van der Waals surface area contributed by atoms with Crippen LogP contribution in [0.2, 0.25) is 0 Å². The maximum Gasteiger partial charge on any atom is 0.123 e. The van der Waals surface area contributed by atoms with Crippen LogP contribution >= 0.6 is 11.3 Å². The summed E-state index contributed by atoms with van der Waals surface area (Å²) in [7, 11) is 2.05. The zero-order chi connectivity index (χ0) is 16.8. The molecular formula is C20H29N3S. The van der Waals surface area contributed by atoms with E-state index in [0.29, 0.717) is 0 Å². The third kappa shape index (κ3) is 4.65. The summed E-state index contributed by atoms with van der Waals surface area (Å²) in [5.74, 6) is 0.900. The van der Waals surface area contributed by atoms with Crippen molar-refractivity contribution >= 4 is 11.3 Å². The van der Waals surface area contributed by atoms with Gasteiger partial charge in [0, 0.05) is 17.5 Å². The van der Waals surface area contributed by atoms with Gasteiger partial charge in [-0.2, -0.15) is 0 Å². The molecule has 0 spiro atoms. The molecule has 0 unspecified atom stereocenters. The number of nitrogens with one attached hydrogen (secondary N) is 1. The zero-order valence-corrected chi connectivity index (χ0v) is 15.7. The second-order valence-corrected chi connectivity index (χ2v) is 7.66. The fourth-order valence-corrected chi connectivity index (χ4v) is 4.22. The van der Waals surface area contributed by atoms with Gasteiger partial charge >= 0.3 is 0 Å². The van der Waals surface area contributed by atoms with Crippen LogP contribution in [0.15, 0.2) is 29.6 Å². The minimum atomic E-state index is 0.900. The van der Waals surface area contributed by atoms with Crippen LogP contribution in [-0.2, 0) is 13.0 Å². The van der Waals surface area contributed by atoms with Crippen molar-refractivity contribution in [2.45, 2.75) is 39.2 Å². The number of thiazole rings is 1. The van der Waals surface area contributed by atoms with Crippen molar-refractivity contribution in [3.8, 4) is 10.6 Å². The van der Waals surface area contributed by atoms with Crippen molar-refractivity contribution in [1.29, 1.82) is 0 Å². The van der Waals surface area contributed by atoms with Crippen LogP contribution in [0, 0.1) is 5.92 Å². The van der Waals surface area contributed by atoms with Gasteiger partial charge in [0.15, 0.2) is 0 Å². The van der Waals surface area contributed by atoms with E-state index in [0.717, 1.165) is 30.4 Å². The van der Waals surface area contributed by atoms with Gasteiger partial charge in [-0.3, -0.25) is 4.90 Å². The Hall–Kier alpha value is -1.23. The van der Waals surface area contributed by atoms with Gasteiger partial charge in [0.1, 0.15) is 5.01 Å². The summed E-state index contributed by atoms with van der Waals surface area (Å²) in [4.78, 5) is 7.43. The average molecular weight is 344 g/mol. The van der Waals surface area contributed by atoms with Gasteiger partial charge in [-0.1, -0.05) is 31.2 Å². The first-order valence-corrected chi connectivity index (χ1v) is 10.1. The minimum Gasteiger partial charge on any atom is -0.320 e. The SMILES string of the molecule is CCc1ccc(-c2nc(CN3CCC(CCNC)CC3)cs2)cc1. The number of aryl methyl sites for hydroxylation is 1. The number of hydrogen-bond acceptors (Lipinski definition) is 4. The average Bonchev–Trinajstić information content (AvgIpc) is 3.10. The first-order valence-electron chi connectivity index (χ1n) is 9.19. The molecule has 1 aromatic heterocycles. The van der Waals surface area contributed by atoms with Gasteiger partial charge < -0.3 is 5.32 Å². The van der Waals surface area contributed by atoms with E-state index in [1.54, 1.807) is 11.3 Å². The molecule has 0 saturated carbocycles. The second-order valence-electron chi connectivity index (χ2n) is 6.81. The molecule has 3 nitrogen and oxygen atoms in total. The van der Waals surface area contributed by atoms with Crippen molar-refractivity contribution < 1.29 is 0 Å². The van der Waals surface area contributed by atoms with Crippen LogP contribution in [0.4, 0.5) is 0 Å². The number of benzene rings is 1. The standard InChI is InChI=1S/C20H29N3S/c1-3-16-4-6-18(7-5-16)20-22-19(15-24-20)14-23-12-9-17(10-13-23)8-11-21-2/h4-7,15,17,21H,3,8-14H2,1-2H3. The summed E-state index contributed by atoms with van der Waals surface area (Å²) in [5.41, 5.74) is 3.86. The summed E-state index contributed by atoms with van der Waals surface area (Å²) in [5, 5.41) is 6.65. The zero-order valence-electron chi connectivity index (χ0n) is 14.9. The second kappa shape index (κ2) is 8.75. The molecule has 0 radical (unpaired) electrons. The van der Waals surface area contributed by atoms with Crippen LogP contribution < -0.4 is 5.32 Å². The molecule has 1 aromatic carbocycles. The molecule has 0 aliphatic carbocycles. The smallest absolute Gasteiger partial charge is 0.123 e. The number of rotatable bonds is 7. The van der Waals surface area contributed by atoms with E-state index in [4.69, 9.17) is 4.98 Å². The topological polar surface area (TPSA) is 28.2 Å². The van der Waals surface area contributed by atoms with E-state index in [1.165, 1.54) is 49.2 Å². The number of piperidine rings is 1. The Morgan fingerprint density at radius 2 is 1.96 bits per heavy atom. The Morgan fingerprint density at radius 1 is 1.21 bits per heavy atom. The highest BCUT2D eigenvalue weighted by molar-refractivity contribution is 7.13. The molecule has 4 heteroatoms. The van der Waals surface area contributed by atoms with Crippen LogP contribution in [0.1, 0.15) is 37.4 Å². The molecular weight excluding hydrogens is 314 g/mol. The van der Waals surface area contributed by atoms with Gasteiger partial charge in [-0.15, -0.1) is 11.3 Å². The van der Waals surface area contributed by atoms with E-state index in [2.05, 4.69) is 46.8 Å². The molecule has 3 rings (SSSR count). The van der Waals surface area contributed by atoms with E-state index in [1.807, 2.05) is 7.05 Å². The molecule has 0 atom stereocenters. The van der Waals surface area contributed by atoms with Crippen molar-refractivity contribution in [2.24, 2.45) is 5.92 Å². The maximum atomic E-state index is 4.87. The molecule has 1 saturated heterocycles. The van der Waals surface area contributed by atoms with Crippen molar-refractivity contribution in [1.82, 2.24) is 15.2 Å². The van der Waals surface area contributed by atoms with Crippen molar-refractivity contribution in [3.63, 3.8) is 0 Å². The van der Waals surface area contributed by atoms with Gasteiger partial charge in [0.25, 0.3) is 0 Å². The predicted molar refractivity (Wildman–Crippen MR) is 103 cm³/mol. The lowest BCUT2D eigenvalue weighted by molar-refractivity contribution is 0.171. The number of aromatic nitrogens is 1. The minimum absolute atomic E-state index is 0.900. The Labute approximate surface area is 150 Å². The van der Waals surface area contributed by atoms with Crippen molar-refractivity contribution in [2.75, 3.05) is 26.7 Å². The van der Waals surface area contributed by atoms with E-state index in [9.17, 15) is 0 Å². The Bertz CT molecular complexity index is 612. The lowest BCUT2D eigenvalue weighted by Gasteiger charge is -2.31. The number of likely N-dealkylation sites (tertiary alicyclic amines) is 1. The Morgan fingerprint density at radius 3 is 2.62 bits per heavy atom. The highest BCUT2D eigenvalue weighted by Gasteiger charge is 2.19. The molecule has 0 bridgehead atoms. The van der Waals surface area contributed by atoms with Crippen LogP contribution in [0.3, 0.4) is 0 Å². The summed E-state index contributed by atoms with van der Waals surface area (Å²) < 4.78 is 0. The van der Waals surface area contributed by atoms with Gasteiger partial charge in [-0.05, 0) is 63.8 Å². The largest absolute Gasteiger partial charge is 0.320 e. The molecule has 1 aliphatic rings. The van der Waals surface area contributed by atoms with Crippen LogP contribution in [-0.4, -0.2) is 36.6 Å². The first-order chi connectivity index (χ1) is 11.8. The van der Waals surface area contributed by atoms with Gasteiger partial charge in [0.2, 0.25) is 0 Å². The molecule has 2 heterocycles. The molecule has 2 aromatic rings. The van der Waals surface area contributed by atoms with E-state index in [-0.39, 0.29) is 0 Å². The summed E-state index contributed by atoms with van der Waals surface area (Å²) >= 11 is 1.77. The van der Waals surface area contributed by atoms with Crippen LogP contribution in [0.25, 0.3) is 10.6 Å². The fraction of sp³-hybridized carbons (Fsp3) is 0.550. The molecule has 1 fully saturated rings. The summed E-state index contributed by atoms with van der Waals surface area (Å²) in [6.07, 6.45) is 5.07. The predicted octanol–water partition coefficient (Wildman–Crippen LogP) is 4.19. The third-order valence-corrected chi connectivity index (χ3v) is 6.00. The lowest BCUT2D eigenvalue weighted by Crippen LogP contribution is -2.34. The fourth-order valence-electron chi connectivity index (χ4n) is 3.41. The highest BCUT2D eigenvalue weighted by Crippen LogP contribution is 2.26. The number of nitrogens with zero attached hydrogens (tertiary/aromatic N) is 2. The molecule has 130 valence electrons. The molecule has 0 amide bonds. The quantitative estimate of drug-likeness (QED) is 0.817. The first kappa shape index (κ1) is 17.6. The summed E-state index contributed by atoms with van der Waals surface area (Å²) in [6, 6.07) is 8.84. The molecule has 24 heavy (non-hydrogen) atoms. The Kier molecular flexibility index (Phi) is 6.41. The summed E-state index contributed by atoms with van der Waals surface area (Å²) in [6.45, 7) is 6.77. The molecule has 1 N–H and O–H groups in total. The van der Waals surface area contributed by atoms with Gasteiger partial charge in [-0.25, -0.2) is 4.98 Å². The monoisotopic (exact) mass is 343 g/mol. The normalized spacial score (nSPS) is 16.6. The van der Waals surface area contributed by atoms with Crippen LogP contribution in [0.5, 0.6) is 0 Å². The van der Waals surface area contributed by atoms with Gasteiger partial charge in [0.05, 0.1) is 5.69 Å². The third-order valence-electron chi connectivity index (χ3n) is 5.06. The van der Waals surface area contributed by atoms with E-state index < -0.39 is 0 Å². The van der Waals surface area contributed by atoms with Crippen molar-refractivity contribution in [3.05, 3.63) is 40.9 Å². The maximum absolute atomic E-state index is 4.87. The highest BCUT2D eigenvalue weighted by atomic mass is 32.1.